The third-order valence-corrected chi connectivity index (χ3v) is 4.45. The molecule has 0 atom stereocenters. The molecule has 30 heavy (non-hydrogen) atoms. The quantitative estimate of drug-likeness (QED) is 0.299. The topological polar surface area (TPSA) is 105 Å². The van der Waals surface area contributed by atoms with Gasteiger partial charge in [-0.3, -0.25) is 0 Å². The Labute approximate surface area is 172 Å². The number of anilines is 2. The van der Waals surface area contributed by atoms with E-state index in [2.05, 4.69) is 0 Å². The number of nitrogens with two attached hydrogens (primary N) is 2. The van der Waals surface area contributed by atoms with Crippen LogP contribution in [0.1, 0.15) is 20.7 Å². The van der Waals surface area contributed by atoms with Gasteiger partial charge in [-0.25, -0.2) is 9.59 Å². The minimum Gasteiger partial charge on any atom is -0.423 e. The zero-order valence-electron chi connectivity index (χ0n) is 15.9. The Kier molecular flexibility index (Phi) is 5.05. The highest BCUT2D eigenvalue weighted by atomic mass is 16.5. The molecule has 0 unspecified atom stereocenters. The average Bonchev–Trinajstić information content (AvgIpc) is 2.74. The SMILES string of the molecule is Nc1cccc(C(=O)Oc2ccc3cc(OC(=O)c4cccc(N)c4)ccc3c2)c1. The van der Waals surface area contributed by atoms with Gasteiger partial charge in [0.2, 0.25) is 0 Å². The summed E-state index contributed by atoms with van der Waals surface area (Å²) in [7, 11) is 0. The second kappa shape index (κ2) is 7.97. The van der Waals surface area contributed by atoms with Gasteiger partial charge in [-0.15, -0.1) is 0 Å². The molecule has 6 heteroatoms. The average molecular weight is 398 g/mol. The molecule has 0 spiro atoms. The van der Waals surface area contributed by atoms with Gasteiger partial charge in [-0.1, -0.05) is 24.3 Å². The van der Waals surface area contributed by atoms with Crippen LogP contribution in [0, 0.1) is 0 Å². The minimum atomic E-state index is -0.491. The number of benzene rings is 4. The van der Waals surface area contributed by atoms with E-state index in [-0.39, 0.29) is 0 Å². The van der Waals surface area contributed by atoms with Crippen molar-refractivity contribution in [1.82, 2.24) is 0 Å². The summed E-state index contributed by atoms with van der Waals surface area (Å²) in [6.45, 7) is 0. The summed E-state index contributed by atoms with van der Waals surface area (Å²) in [5.41, 5.74) is 13.1. The summed E-state index contributed by atoms with van der Waals surface area (Å²) in [6.07, 6.45) is 0. The van der Waals surface area contributed by atoms with Gasteiger partial charge in [-0.2, -0.15) is 0 Å². The number of ether oxygens (including phenoxy) is 2. The first-order valence-corrected chi connectivity index (χ1v) is 9.17. The molecule has 0 saturated heterocycles. The first kappa shape index (κ1) is 19.0. The predicted molar refractivity (Wildman–Crippen MR) is 116 cm³/mol. The maximum absolute atomic E-state index is 12.3. The molecule has 0 amide bonds. The Morgan fingerprint density at radius 1 is 0.567 bits per heavy atom. The van der Waals surface area contributed by atoms with Crippen LogP contribution >= 0.6 is 0 Å². The largest absolute Gasteiger partial charge is 0.423 e. The van der Waals surface area contributed by atoms with Crippen molar-refractivity contribution in [2.24, 2.45) is 0 Å². The molecular formula is C24H18N2O4. The monoisotopic (exact) mass is 398 g/mol. The van der Waals surface area contributed by atoms with Gasteiger partial charge < -0.3 is 20.9 Å². The molecule has 0 aliphatic carbocycles. The van der Waals surface area contributed by atoms with Crippen molar-refractivity contribution < 1.29 is 19.1 Å². The zero-order chi connectivity index (χ0) is 21.1. The molecule has 0 aliphatic heterocycles. The minimum absolute atomic E-state index is 0.374. The number of carbonyl (C=O) groups is 2. The lowest BCUT2D eigenvalue weighted by atomic mass is 10.1. The van der Waals surface area contributed by atoms with Crippen LogP contribution < -0.4 is 20.9 Å². The fraction of sp³-hybridized carbons (Fsp3) is 0. The standard InChI is InChI=1S/C24H18N2O4/c25-19-5-1-3-17(11-19)23(27)29-21-9-7-16-14-22(10-8-15(16)13-21)30-24(28)18-4-2-6-20(26)12-18/h1-14H,25-26H2. The van der Waals surface area contributed by atoms with Gasteiger partial charge in [0, 0.05) is 11.4 Å². The Bertz CT molecular complexity index is 1170. The molecule has 4 N–H and O–H groups in total. The van der Waals surface area contributed by atoms with Crippen LogP contribution in [-0.4, -0.2) is 11.9 Å². The highest BCUT2D eigenvalue weighted by Gasteiger charge is 2.11. The summed E-state index contributed by atoms with van der Waals surface area (Å²) in [6, 6.07) is 23.6. The molecule has 4 aromatic rings. The number of hydrogen-bond acceptors (Lipinski definition) is 6. The fourth-order valence-electron chi connectivity index (χ4n) is 2.99. The molecule has 0 saturated carbocycles. The van der Waals surface area contributed by atoms with Gasteiger partial charge in [0.25, 0.3) is 0 Å². The fourth-order valence-corrected chi connectivity index (χ4v) is 2.99. The van der Waals surface area contributed by atoms with E-state index in [0.717, 1.165) is 10.8 Å². The molecule has 4 aromatic carbocycles. The molecule has 0 heterocycles. The van der Waals surface area contributed by atoms with Crippen LogP contribution in [-0.2, 0) is 0 Å². The van der Waals surface area contributed by atoms with E-state index in [1.807, 2.05) is 0 Å². The van der Waals surface area contributed by atoms with E-state index in [9.17, 15) is 9.59 Å². The van der Waals surface area contributed by atoms with E-state index in [1.165, 1.54) is 0 Å². The summed E-state index contributed by atoms with van der Waals surface area (Å²) in [4.78, 5) is 24.6. The van der Waals surface area contributed by atoms with Crippen molar-refractivity contribution in [1.29, 1.82) is 0 Å². The van der Waals surface area contributed by atoms with Crippen LogP contribution in [0.2, 0.25) is 0 Å². The second-order valence-corrected chi connectivity index (χ2v) is 6.70. The molecule has 0 aliphatic rings. The summed E-state index contributed by atoms with van der Waals surface area (Å²) in [5, 5.41) is 1.66. The zero-order valence-corrected chi connectivity index (χ0v) is 15.9. The first-order valence-electron chi connectivity index (χ1n) is 9.17. The van der Waals surface area contributed by atoms with Crippen molar-refractivity contribution in [2.75, 3.05) is 11.5 Å². The van der Waals surface area contributed by atoms with Crippen LogP contribution in [0.25, 0.3) is 10.8 Å². The van der Waals surface area contributed by atoms with Gasteiger partial charge in [-0.05, 0) is 71.4 Å². The number of esters is 2. The molecule has 0 fully saturated rings. The van der Waals surface area contributed by atoms with Gasteiger partial charge in [0.05, 0.1) is 11.1 Å². The summed E-state index contributed by atoms with van der Waals surface area (Å²) >= 11 is 0. The molecule has 0 aromatic heterocycles. The third-order valence-electron chi connectivity index (χ3n) is 4.45. The van der Waals surface area contributed by atoms with E-state index in [0.29, 0.717) is 34.0 Å². The second-order valence-electron chi connectivity index (χ2n) is 6.70. The van der Waals surface area contributed by atoms with Crippen LogP contribution in [0.3, 0.4) is 0 Å². The highest BCUT2D eigenvalue weighted by Crippen LogP contribution is 2.26. The lowest BCUT2D eigenvalue weighted by Gasteiger charge is -2.08. The van der Waals surface area contributed by atoms with Gasteiger partial charge >= 0.3 is 11.9 Å². The molecule has 6 nitrogen and oxygen atoms in total. The molecular weight excluding hydrogens is 380 g/mol. The maximum atomic E-state index is 12.3. The predicted octanol–water partition coefficient (Wildman–Crippen LogP) is 4.44. The van der Waals surface area contributed by atoms with Crippen LogP contribution in [0.15, 0.2) is 84.9 Å². The lowest BCUT2D eigenvalue weighted by molar-refractivity contribution is 0.0725. The Morgan fingerprint density at radius 3 is 1.40 bits per heavy atom. The van der Waals surface area contributed by atoms with Crippen molar-refractivity contribution in [2.45, 2.75) is 0 Å². The Morgan fingerprint density at radius 2 is 1.00 bits per heavy atom. The number of carbonyl (C=O) groups excluding carboxylic acids is 2. The number of nitrogen functional groups attached to an aromatic ring is 2. The number of rotatable bonds is 4. The van der Waals surface area contributed by atoms with Crippen molar-refractivity contribution in [3.8, 4) is 11.5 Å². The van der Waals surface area contributed by atoms with Gasteiger partial charge in [0.15, 0.2) is 0 Å². The van der Waals surface area contributed by atoms with Crippen LogP contribution in [0.4, 0.5) is 11.4 Å². The van der Waals surface area contributed by atoms with Crippen molar-refractivity contribution in [3.63, 3.8) is 0 Å². The number of hydrogen-bond donors (Lipinski definition) is 2. The third kappa shape index (κ3) is 4.23. The molecule has 4 rings (SSSR count). The lowest BCUT2D eigenvalue weighted by Crippen LogP contribution is -2.09. The normalized spacial score (nSPS) is 10.5. The molecule has 0 radical (unpaired) electrons. The van der Waals surface area contributed by atoms with Crippen molar-refractivity contribution >= 4 is 34.1 Å². The summed E-state index contributed by atoms with van der Waals surface area (Å²) in [5.74, 6) is -0.178. The Hall–Kier alpha value is -4.32. The summed E-state index contributed by atoms with van der Waals surface area (Å²) < 4.78 is 10.9. The molecule has 148 valence electrons. The maximum Gasteiger partial charge on any atom is 0.343 e. The molecule has 0 bridgehead atoms. The van der Waals surface area contributed by atoms with E-state index in [1.54, 1.807) is 84.9 Å². The van der Waals surface area contributed by atoms with Crippen molar-refractivity contribution in [3.05, 3.63) is 96.1 Å². The smallest absolute Gasteiger partial charge is 0.343 e. The number of fused-ring (bicyclic) bond motifs is 1. The Balaban J connectivity index is 1.51. The van der Waals surface area contributed by atoms with Gasteiger partial charge in [0.1, 0.15) is 11.5 Å². The van der Waals surface area contributed by atoms with E-state index >= 15 is 0 Å². The highest BCUT2D eigenvalue weighted by molar-refractivity contribution is 5.94. The first-order chi connectivity index (χ1) is 14.5. The van der Waals surface area contributed by atoms with Crippen LogP contribution in [0.5, 0.6) is 11.5 Å². The van der Waals surface area contributed by atoms with E-state index in [4.69, 9.17) is 20.9 Å². The van der Waals surface area contributed by atoms with E-state index < -0.39 is 11.9 Å².